The van der Waals surface area contributed by atoms with Gasteiger partial charge in [-0.25, -0.2) is 0 Å². The monoisotopic (exact) mass is 292 g/mol. The molecule has 0 aromatic rings. The molecule has 0 atom stereocenters. The zero-order valence-corrected chi connectivity index (χ0v) is 16.5. The maximum absolute atomic E-state index is 3.98. The first-order chi connectivity index (χ1) is 6.96. The van der Waals surface area contributed by atoms with E-state index >= 15 is 0 Å². The Kier molecular flexibility index (Phi) is 4.08. The van der Waals surface area contributed by atoms with Gasteiger partial charge >= 0.3 is 0 Å². The van der Waals surface area contributed by atoms with Gasteiger partial charge in [0.05, 0.1) is 0 Å². The molecule has 0 spiro atoms. The average Bonchev–Trinajstić information content (AvgIpc) is 1.92. The lowest BCUT2D eigenvalue weighted by Crippen LogP contribution is -2.89. The van der Waals surface area contributed by atoms with E-state index in [0.29, 0.717) is 0 Å². The molecule has 2 N–H and O–H groups in total. The van der Waals surface area contributed by atoms with Gasteiger partial charge in [0.25, 0.3) is 0 Å². The van der Waals surface area contributed by atoms with Crippen molar-refractivity contribution in [2.75, 3.05) is 14.1 Å². The minimum Gasteiger partial charge on any atom is -0.338 e. The van der Waals surface area contributed by atoms with Crippen molar-refractivity contribution in [2.24, 2.45) is 0 Å². The number of hydrogen-bond acceptors (Lipinski definition) is 4. The van der Waals surface area contributed by atoms with Crippen LogP contribution in [0.3, 0.4) is 0 Å². The summed E-state index contributed by atoms with van der Waals surface area (Å²) in [7, 11) is 0.0249. The van der Waals surface area contributed by atoms with Gasteiger partial charge in [-0.3, -0.25) is 0 Å². The molecule has 1 fully saturated rings. The van der Waals surface area contributed by atoms with Crippen LogP contribution in [0.15, 0.2) is 0 Å². The van der Waals surface area contributed by atoms with Crippen molar-refractivity contribution in [3.8, 4) is 0 Å². The maximum atomic E-state index is 3.98. The van der Waals surface area contributed by atoms with Gasteiger partial charge in [0.2, 0.25) is 0 Å². The number of rotatable bonds is 2. The molecule has 0 unspecified atom stereocenters. The third kappa shape index (κ3) is 3.35. The van der Waals surface area contributed by atoms with Gasteiger partial charge in [-0.05, 0) is 53.4 Å². The smallest absolute Gasteiger partial charge is 0.183 e. The Morgan fingerprint density at radius 3 is 1.56 bits per heavy atom. The van der Waals surface area contributed by atoms with E-state index in [-0.39, 0.29) is 9.84 Å². The summed E-state index contributed by atoms with van der Waals surface area (Å²) in [4.78, 5) is 0. The van der Waals surface area contributed by atoms with Crippen LogP contribution in [0.2, 0.25) is 39.3 Å². The van der Waals surface area contributed by atoms with Gasteiger partial charge < -0.3 is 17.8 Å². The summed E-state index contributed by atoms with van der Waals surface area (Å²) >= 11 is 0. The molecule has 1 aliphatic rings. The van der Waals surface area contributed by atoms with E-state index in [2.05, 4.69) is 71.1 Å². The van der Waals surface area contributed by atoms with Crippen LogP contribution in [0, 0.1) is 0 Å². The first kappa shape index (κ1) is 14.8. The molecule has 0 bridgehead atoms. The summed E-state index contributed by atoms with van der Waals surface area (Å²) in [6.45, 7) is 14.7. The molecule has 16 heavy (non-hydrogen) atoms. The van der Waals surface area contributed by atoms with Gasteiger partial charge in [0.15, 0.2) is 35.0 Å². The van der Waals surface area contributed by atoms with Gasteiger partial charge in [-0.15, -0.1) is 0 Å². The van der Waals surface area contributed by atoms with E-state index < -0.39 is 25.2 Å². The van der Waals surface area contributed by atoms with Crippen molar-refractivity contribution in [2.45, 2.75) is 39.3 Å². The lowest BCUT2D eigenvalue weighted by Gasteiger charge is -2.57. The van der Waals surface area contributed by atoms with Gasteiger partial charge in [0, 0.05) is 0 Å². The minimum atomic E-state index is -1.39. The fourth-order valence-corrected chi connectivity index (χ4v) is 30.3. The largest absolute Gasteiger partial charge is 0.338 e. The SMILES string of the molecule is CN(C)[SiH2]N1[Si](C)(C)N[Si](C)(C)N[Si]1(C)C. The first-order valence-corrected chi connectivity index (χ1v) is 16.1. The molecule has 96 valence electrons. The zero-order chi connectivity index (χ0) is 12.8. The van der Waals surface area contributed by atoms with E-state index in [1.165, 1.54) is 0 Å². The third-order valence-electron chi connectivity index (χ3n) is 3.01. The van der Waals surface area contributed by atoms with E-state index in [1.54, 1.807) is 0 Å². The lowest BCUT2D eigenvalue weighted by molar-refractivity contribution is 0.617. The van der Waals surface area contributed by atoms with Crippen molar-refractivity contribution < 1.29 is 0 Å². The molecule has 0 radical (unpaired) electrons. The van der Waals surface area contributed by atoms with Crippen molar-refractivity contribution >= 4 is 35.0 Å². The molecule has 1 saturated heterocycles. The van der Waals surface area contributed by atoms with Crippen LogP contribution in [-0.2, 0) is 0 Å². The molecule has 0 aliphatic carbocycles. The molecule has 0 aromatic carbocycles. The second-order valence-corrected chi connectivity index (χ2v) is 23.1. The second-order valence-electron chi connectivity index (χ2n) is 6.64. The minimum absolute atomic E-state index is 0.269. The zero-order valence-electron chi connectivity index (χ0n) is 12.1. The Hall–Kier alpha value is 0.708. The van der Waals surface area contributed by atoms with Crippen LogP contribution >= 0.6 is 0 Å². The Balaban J connectivity index is 2.97. The van der Waals surface area contributed by atoms with Crippen molar-refractivity contribution in [3.63, 3.8) is 0 Å². The quantitative estimate of drug-likeness (QED) is 0.709. The molecular formula is C8H28N4Si4. The standard InChI is InChI=1S/C8H28N4Si4/c1-11(2)13-12-15(5,6)9-14(3,4)10-16(12,7)8/h9-10H,13H2,1-8H3. The summed E-state index contributed by atoms with van der Waals surface area (Å²) in [5.41, 5.74) is 0. The summed E-state index contributed by atoms with van der Waals surface area (Å²) in [5.74, 6) is 0. The average molecular weight is 293 g/mol. The lowest BCUT2D eigenvalue weighted by atomic mass is 11.3. The van der Waals surface area contributed by atoms with Gasteiger partial charge in [-0.1, -0.05) is 0 Å². The Morgan fingerprint density at radius 2 is 1.25 bits per heavy atom. The molecule has 1 aliphatic heterocycles. The second kappa shape index (κ2) is 4.43. The van der Waals surface area contributed by atoms with E-state index in [4.69, 9.17) is 0 Å². The van der Waals surface area contributed by atoms with Crippen LogP contribution < -0.4 is 9.30 Å². The molecule has 0 saturated carbocycles. The summed E-state index contributed by atoms with van der Waals surface area (Å²) in [6, 6.07) is 0. The normalized spacial score (nSPS) is 29.1. The highest BCUT2D eigenvalue weighted by atomic mass is 28.5. The highest BCUT2D eigenvalue weighted by molar-refractivity contribution is 7.07. The molecular weight excluding hydrogens is 264 g/mol. The van der Waals surface area contributed by atoms with Crippen LogP contribution in [0.4, 0.5) is 0 Å². The van der Waals surface area contributed by atoms with E-state index in [9.17, 15) is 0 Å². The molecule has 8 heteroatoms. The number of hydrogen-bond donors (Lipinski definition) is 2. The van der Waals surface area contributed by atoms with Crippen molar-refractivity contribution in [3.05, 3.63) is 0 Å². The fraction of sp³-hybridized carbons (Fsp3) is 1.00. The maximum Gasteiger partial charge on any atom is 0.183 e. The van der Waals surface area contributed by atoms with E-state index in [1.807, 2.05) is 0 Å². The summed E-state index contributed by atoms with van der Waals surface area (Å²) in [5, 5.41) is 0. The number of nitrogens with zero attached hydrogens (tertiary/aromatic N) is 2. The predicted octanol–water partition coefficient (Wildman–Crippen LogP) is 0.147. The van der Waals surface area contributed by atoms with Gasteiger partial charge in [0.1, 0.15) is 0 Å². The Labute approximate surface area is 106 Å². The van der Waals surface area contributed by atoms with Crippen molar-refractivity contribution in [1.29, 1.82) is 0 Å². The third-order valence-corrected chi connectivity index (χ3v) is 25.4. The van der Waals surface area contributed by atoms with Crippen LogP contribution in [0.5, 0.6) is 0 Å². The van der Waals surface area contributed by atoms with Crippen LogP contribution in [0.1, 0.15) is 0 Å². The molecule has 0 aromatic heterocycles. The number of nitrogens with one attached hydrogen (secondary N) is 2. The summed E-state index contributed by atoms with van der Waals surface area (Å²) in [6.07, 6.45) is 0. The highest BCUT2D eigenvalue weighted by Crippen LogP contribution is 2.22. The first-order valence-electron chi connectivity index (χ1n) is 5.97. The molecule has 0 amide bonds. The molecule has 1 heterocycles. The highest BCUT2D eigenvalue weighted by Gasteiger charge is 2.51. The fourth-order valence-electron chi connectivity index (χ4n) is 3.03. The topological polar surface area (TPSA) is 30.5 Å². The van der Waals surface area contributed by atoms with Crippen LogP contribution in [0.25, 0.3) is 0 Å². The Bertz CT molecular complexity index is 247. The van der Waals surface area contributed by atoms with Crippen molar-refractivity contribution in [1.82, 2.24) is 17.8 Å². The van der Waals surface area contributed by atoms with Crippen LogP contribution in [-0.4, -0.2) is 57.6 Å². The molecule has 1 rings (SSSR count). The Morgan fingerprint density at radius 1 is 0.875 bits per heavy atom. The summed E-state index contributed by atoms with van der Waals surface area (Å²) < 4.78 is 13.3. The predicted molar refractivity (Wildman–Crippen MR) is 82.8 cm³/mol. The van der Waals surface area contributed by atoms with E-state index in [0.717, 1.165) is 0 Å². The van der Waals surface area contributed by atoms with Gasteiger partial charge in [-0.2, -0.15) is 0 Å². The molecule has 4 nitrogen and oxygen atoms in total.